The van der Waals surface area contributed by atoms with Gasteiger partial charge in [-0.1, -0.05) is 12.1 Å². The first-order valence-electron chi connectivity index (χ1n) is 8.37. The Morgan fingerprint density at radius 3 is 2.70 bits per heavy atom. The van der Waals surface area contributed by atoms with E-state index in [-0.39, 0.29) is 0 Å². The van der Waals surface area contributed by atoms with Crippen molar-refractivity contribution >= 4 is 23.5 Å². The van der Waals surface area contributed by atoms with Crippen LogP contribution in [0.15, 0.2) is 48.7 Å². The van der Waals surface area contributed by atoms with Gasteiger partial charge >= 0.3 is 6.18 Å². The number of alkyl halides is 3. The van der Waals surface area contributed by atoms with Crippen molar-refractivity contribution < 1.29 is 22.7 Å². The lowest BCUT2D eigenvalue weighted by molar-refractivity contribution is -0.137. The molecule has 0 spiro atoms. The van der Waals surface area contributed by atoms with Gasteiger partial charge in [0, 0.05) is 25.4 Å². The lowest BCUT2D eigenvalue weighted by Gasteiger charge is -2.29. The van der Waals surface area contributed by atoms with Gasteiger partial charge in [0.05, 0.1) is 24.5 Å². The Labute approximate surface area is 154 Å². The van der Waals surface area contributed by atoms with Gasteiger partial charge in [0.25, 0.3) is 0 Å². The zero-order valence-corrected chi connectivity index (χ0v) is 14.4. The Hall–Kier alpha value is -2.87. The maximum atomic E-state index is 12.8. The van der Waals surface area contributed by atoms with E-state index in [9.17, 15) is 18.0 Å². The summed E-state index contributed by atoms with van der Waals surface area (Å²) in [6.07, 6.45) is -0.241. The van der Waals surface area contributed by atoms with Crippen LogP contribution in [0.1, 0.15) is 11.1 Å². The predicted octanol–water partition coefficient (Wildman–Crippen LogP) is 3.59. The fourth-order valence-corrected chi connectivity index (χ4v) is 2.69. The number of nitrogens with zero attached hydrogens (tertiary/aromatic N) is 2. The van der Waals surface area contributed by atoms with Crippen LogP contribution in [-0.2, 0) is 15.7 Å². The predicted molar refractivity (Wildman–Crippen MR) is 96.4 cm³/mol. The molecule has 1 fully saturated rings. The summed E-state index contributed by atoms with van der Waals surface area (Å²) in [6.45, 7) is 2.50. The fourth-order valence-electron chi connectivity index (χ4n) is 2.69. The first-order chi connectivity index (χ1) is 12.9. The van der Waals surface area contributed by atoms with Crippen molar-refractivity contribution in [3.05, 3.63) is 59.8 Å². The molecule has 27 heavy (non-hydrogen) atoms. The van der Waals surface area contributed by atoms with Gasteiger partial charge in [-0.2, -0.15) is 13.2 Å². The molecule has 3 rings (SSSR count). The Morgan fingerprint density at radius 1 is 1.19 bits per heavy atom. The van der Waals surface area contributed by atoms with E-state index in [1.807, 2.05) is 4.90 Å². The lowest BCUT2D eigenvalue weighted by Crippen LogP contribution is -2.37. The number of hydrogen-bond acceptors (Lipinski definition) is 4. The molecule has 2 heterocycles. The van der Waals surface area contributed by atoms with Crippen LogP contribution in [0.4, 0.5) is 24.7 Å². The van der Waals surface area contributed by atoms with E-state index in [1.54, 1.807) is 18.3 Å². The second-order valence-corrected chi connectivity index (χ2v) is 5.92. The van der Waals surface area contributed by atoms with Crippen LogP contribution in [0, 0.1) is 0 Å². The number of hydrogen-bond donors (Lipinski definition) is 1. The quantitative estimate of drug-likeness (QED) is 0.828. The van der Waals surface area contributed by atoms with E-state index in [2.05, 4.69) is 10.3 Å². The van der Waals surface area contributed by atoms with E-state index >= 15 is 0 Å². The van der Waals surface area contributed by atoms with Crippen molar-refractivity contribution in [1.29, 1.82) is 0 Å². The number of halogens is 3. The van der Waals surface area contributed by atoms with Crippen molar-refractivity contribution in [3.8, 4) is 0 Å². The third-order valence-corrected chi connectivity index (χ3v) is 4.00. The first-order valence-corrected chi connectivity index (χ1v) is 8.37. The monoisotopic (exact) mass is 377 g/mol. The summed E-state index contributed by atoms with van der Waals surface area (Å²) in [5.41, 5.74) is 0.0737. The maximum absolute atomic E-state index is 12.8. The van der Waals surface area contributed by atoms with Gasteiger partial charge in [0.2, 0.25) is 5.91 Å². The van der Waals surface area contributed by atoms with Gasteiger partial charge < -0.3 is 15.0 Å². The molecule has 2 aromatic rings. The molecule has 1 N–H and O–H groups in total. The molecular weight excluding hydrogens is 359 g/mol. The molecule has 8 heteroatoms. The van der Waals surface area contributed by atoms with Crippen molar-refractivity contribution in [2.24, 2.45) is 0 Å². The highest BCUT2D eigenvalue weighted by molar-refractivity contribution is 6.03. The van der Waals surface area contributed by atoms with Crippen LogP contribution in [0.2, 0.25) is 0 Å². The third-order valence-electron chi connectivity index (χ3n) is 4.00. The van der Waals surface area contributed by atoms with E-state index in [0.717, 1.165) is 12.1 Å². The summed E-state index contributed by atoms with van der Waals surface area (Å²) in [5, 5.41) is 2.73. The molecule has 142 valence electrons. The summed E-state index contributed by atoms with van der Waals surface area (Å²) in [5.74, 6) is 0.191. The van der Waals surface area contributed by atoms with Crippen molar-refractivity contribution in [1.82, 2.24) is 4.98 Å². The number of morpholine rings is 1. The Bertz CT molecular complexity index is 831. The molecule has 0 atom stereocenters. The van der Waals surface area contributed by atoms with Gasteiger partial charge in [0.15, 0.2) is 5.82 Å². The van der Waals surface area contributed by atoms with Gasteiger partial charge in [-0.25, -0.2) is 4.98 Å². The first kappa shape index (κ1) is 18.9. The zero-order valence-electron chi connectivity index (χ0n) is 14.4. The normalized spacial score (nSPS) is 15.1. The molecule has 1 aromatic heterocycles. The van der Waals surface area contributed by atoms with Crippen LogP contribution in [0.5, 0.6) is 0 Å². The van der Waals surface area contributed by atoms with Crippen molar-refractivity contribution in [2.75, 3.05) is 36.5 Å². The molecule has 1 aromatic carbocycles. The molecule has 1 amide bonds. The van der Waals surface area contributed by atoms with Crippen LogP contribution < -0.4 is 10.2 Å². The minimum Gasteiger partial charge on any atom is -0.378 e. The van der Waals surface area contributed by atoms with E-state index in [4.69, 9.17) is 4.74 Å². The summed E-state index contributed by atoms with van der Waals surface area (Å²) in [7, 11) is 0. The average Bonchev–Trinajstić information content (AvgIpc) is 2.67. The second kappa shape index (κ2) is 8.22. The average molecular weight is 377 g/mol. The standard InChI is InChI=1S/C19H18F3N3O2/c20-19(21,22)15-4-1-3-14(13-15)6-7-17(26)24-16-5-2-8-23-18(16)25-9-11-27-12-10-25/h1-8,13H,9-12H2,(H,24,26)/b7-6+. The molecule has 0 radical (unpaired) electrons. The van der Waals surface area contributed by atoms with Crippen LogP contribution in [0.25, 0.3) is 6.08 Å². The maximum Gasteiger partial charge on any atom is 0.416 e. The van der Waals surface area contributed by atoms with Crippen LogP contribution in [0.3, 0.4) is 0 Å². The summed E-state index contributed by atoms with van der Waals surface area (Å²) >= 11 is 0. The minimum atomic E-state index is -4.42. The highest BCUT2D eigenvalue weighted by Crippen LogP contribution is 2.29. The highest BCUT2D eigenvalue weighted by atomic mass is 19.4. The Balaban J connectivity index is 1.70. The number of carbonyl (C=O) groups excluding carboxylic acids is 1. The summed E-state index contributed by atoms with van der Waals surface area (Å²) in [6, 6.07) is 8.22. The number of anilines is 2. The Morgan fingerprint density at radius 2 is 1.96 bits per heavy atom. The third kappa shape index (κ3) is 5.07. The molecule has 1 aliphatic rings. The molecular formula is C19H18F3N3O2. The van der Waals surface area contributed by atoms with Crippen molar-refractivity contribution in [3.63, 3.8) is 0 Å². The second-order valence-electron chi connectivity index (χ2n) is 5.92. The van der Waals surface area contributed by atoms with Gasteiger partial charge in [-0.05, 0) is 35.9 Å². The largest absolute Gasteiger partial charge is 0.416 e. The lowest BCUT2D eigenvalue weighted by atomic mass is 10.1. The number of amides is 1. The number of benzene rings is 1. The molecule has 1 saturated heterocycles. The van der Waals surface area contributed by atoms with E-state index in [0.29, 0.717) is 43.4 Å². The van der Waals surface area contributed by atoms with Crippen LogP contribution >= 0.6 is 0 Å². The SMILES string of the molecule is O=C(/C=C/c1cccc(C(F)(F)F)c1)Nc1cccnc1N1CCOCC1. The van der Waals surface area contributed by atoms with E-state index in [1.165, 1.54) is 24.3 Å². The van der Waals surface area contributed by atoms with Gasteiger partial charge in [-0.3, -0.25) is 4.79 Å². The van der Waals surface area contributed by atoms with E-state index < -0.39 is 17.6 Å². The highest BCUT2D eigenvalue weighted by Gasteiger charge is 2.30. The number of nitrogens with one attached hydrogen (secondary N) is 1. The van der Waals surface area contributed by atoms with Gasteiger partial charge in [0.1, 0.15) is 0 Å². The molecule has 1 aliphatic heterocycles. The molecule has 5 nitrogen and oxygen atoms in total. The molecule has 0 bridgehead atoms. The fraction of sp³-hybridized carbons (Fsp3) is 0.263. The minimum absolute atomic E-state index is 0.291. The van der Waals surface area contributed by atoms with Crippen LogP contribution in [-0.4, -0.2) is 37.2 Å². The number of ether oxygens (including phenoxy) is 1. The summed E-state index contributed by atoms with van der Waals surface area (Å²) < 4.78 is 43.6. The van der Waals surface area contributed by atoms with Gasteiger partial charge in [-0.15, -0.1) is 0 Å². The zero-order chi connectivity index (χ0) is 19.3. The summed E-state index contributed by atoms with van der Waals surface area (Å²) in [4.78, 5) is 18.5. The smallest absolute Gasteiger partial charge is 0.378 e. The molecule has 0 aliphatic carbocycles. The Kier molecular flexibility index (Phi) is 5.75. The number of pyridine rings is 1. The topological polar surface area (TPSA) is 54.5 Å². The molecule has 0 unspecified atom stereocenters. The number of aromatic nitrogens is 1. The van der Waals surface area contributed by atoms with Crippen molar-refractivity contribution in [2.45, 2.75) is 6.18 Å². The molecule has 0 saturated carbocycles. The number of rotatable bonds is 4. The number of carbonyl (C=O) groups is 1.